The summed E-state index contributed by atoms with van der Waals surface area (Å²) in [6.07, 6.45) is 6.65. The maximum atomic E-state index is 11.2. The van der Waals surface area contributed by atoms with Crippen molar-refractivity contribution >= 4 is 11.8 Å². The van der Waals surface area contributed by atoms with Crippen molar-refractivity contribution in [3.05, 3.63) is 60.2 Å². The summed E-state index contributed by atoms with van der Waals surface area (Å²) < 4.78 is 0. The first kappa shape index (κ1) is 19.5. The van der Waals surface area contributed by atoms with Gasteiger partial charge < -0.3 is 5.11 Å². The van der Waals surface area contributed by atoms with Crippen LogP contribution in [0.4, 0.5) is 0 Å². The number of carbonyl (C=O) groups excluding carboxylic acids is 1. The number of aromatic nitrogens is 2. The van der Waals surface area contributed by atoms with E-state index in [2.05, 4.69) is 9.97 Å². The Bertz CT molecular complexity index is 619. The molecule has 0 radical (unpaired) electrons. The van der Waals surface area contributed by atoms with Crippen LogP contribution in [0, 0.1) is 0 Å². The van der Waals surface area contributed by atoms with Crippen LogP contribution in [0.15, 0.2) is 49.1 Å². The third-order valence-corrected chi connectivity index (χ3v) is 4.18. The molecule has 0 aliphatic carbocycles. The molecule has 0 bridgehead atoms. The van der Waals surface area contributed by atoms with Gasteiger partial charge in [0.1, 0.15) is 5.78 Å². The zero-order valence-corrected chi connectivity index (χ0v) is 14.8. The Hall–Kier alpha value is -2.56. The van der Waals surface area contributed by atoms with Gasteiger partial charge in [-0.3, -0.25) is 19.6 Å². The van der Waals surface area contributed by atoms with Crippen LogP contribution < -0.4 is 0 Å². The monoisotopic (exact) mass is 328 g/mol. The second-order valence-corrected chi connectivity index (χ2v) is 6.59. The van der Waals surface area contributed by atoms with Crippen molar-refractivity contribution in [2.24, 2.45) is 0 Å². The average Bonchev–Trinajstić information content (AvgIpc) is 2.56. The first-order valence-electron chi connectivity index (χ1n) is 7.65. The normalized spacial score (nSPS) is 11.2. The van der Waals surface area contributed by atoms with Gasteiger partial charge in [-0.1, -0.05) is 12.1 Å². The highest BCUT2D eigenvalue weighted by molar-refractivity contribution is 5.86. The molecule has 1 N–H and O–H groups in total. The number of rotatable bonds is 4. The van der Waals surface area contributed by atoms with E-state index >= 15 is 0 Å². The van der Waals surface area contributed by atoms with Crippen molar-refractivity contribution < 1.29 is 14.7 Å². The number of Topliss-reactive ketones (excluding diaryl/α,β-unsaturated/α-hetero) is 1. The Morgan fingerprint density at radius 2 is 1.29 bits per heavy atom. The summed E-state index contributed by atoms with van der Waals surface area (Å²) in [5.41, 5.74) is 0.428. The quantitative estimate of drug-likeness (QED) is 0.930. The average molecular weight is 328 g/mol. The number of nitrogens with zero attached hydrogens (tertiary/aromatic N) is 2. The first-order valence-corrected chi connectivity index (χ1v) is 7.65. The highest BCUT2D eigenvalue weighted by Gasteiger charge is 2.29. The molecular weight excluding hydrogens is 304 g/mol. The van der Waals surface area contributed by atoms with Crippen LogP contribution in [-0.2, 0) is 20.4 Å². The molecule has 0 spiro atoms. The van der Waals surface area contributed by atoms with Crippen molar-refractivity contribution in [3.8, 4) is 0 Å². The number of ketones is 1. The van der Waals surface area contributed by atoms with Crippen molar-refractivity contribution in [2.45, 2.75) is 45.4 Å². The summed E-state index contributed by atoms with van der Waals surface area (Å²) >= 11 is 0. The van der Waals surface area contributed by atoms with Crippen LogP contribution in [0.25, 0.3) is 0 Å². The lowest BCUT2D eigenvalue weighted by Gasteiger charge is -2.20. The summed E-state index contributed by atoms with van der Waals surface area (Å²) in [6.45, 7) is 8.74. The van der Waals surface area contributed by atoms with Gasteiger partial charge in [0, 0.05) is 30.2 Å². The van der Waals surface area contributed by atoms with Crippen molar-refractivity contribution in [1.29, 1.82) is 0 Å². The molecule has 5 nitrogen and oxygen atoms in total. The number of carboxylic acid groups (broad SMARTS) is 1. The molecule has 2 rings (SSSR count). The zero-order chi connectivity index (χ0) is 18.4. The van der Waals surface area contributed by atoms with Gasteiger partial charge in [0.25, 0.3) is 0 Å². The second-order valence-electron chi connectivity index (χ2n) is 6.59. The fraction of sp³-hybridized carbons (Fsp3) is 0.368. The first-order chi connectivity index (χ1) is 11.1. The van der Waals surface area contributed by atoms with E-state index in [1.165, 1.54) is 0 Å². The van der Waals surface area contributed by atoms with E-state index in [0.717, 1.165) is 11.1 Å². The highest BCUT2D eigenvalue weighted by atomic mass is 16.4. The SMILES string of the molecule is CC(=O)C(C)(C)c1cccnc1.CC(C)(C(=O)O)c1cccnc1. The molecule has 0 saturated heterocycles. The van der Waals surface area contributed by atoms with E-state index in [1.54, 1.807) is 57.7 Å². The van der Waals surface area contributed by atoms with Crippen LogP contribution in [0.3, 0.4) is 0 Å². The summed E-state index contributed by atoms with van der Waals surface area (Å²) in [5.74, 6) is -0.675. The van der Waals surface area contributed by atoms with Crippen LogP contribution in [-0.4, -0.2) is 26.8 Å². The standard InChI is InChI=1S/C10H13NO.C9H11NO2/c1-8(12)10(2,3)9-5-4-6-11-7-9;1-9(2,8(11)12)7-4-3-5-10-6-7/h4-7H,1-3H3;3-6H,1-2H3,(H,11,12). The van der Waals surface area contributed by atoms with Gasteiger partial charge in [-0.25, -0.2) is 0 Å². The molecule has 5 heteroatoms. The van der Waals surface area contributed by atoms with Gasteiger partial charge in [0.15, 0.2) is 0 Å². The van der Waals surface area contributed by atoms with Gasteiger partial charge in [0.05, 0.1) is 5.41 Å². The number of hydrogen-bond acceptors (Lipinski definition) is 4. The lowest BCUT2D eigenvalue weighted by molar-refractivity contribution is -0.142. The number of pyridine rings is 2. The van der Waals surface area contributed by atoms with Crippen LogP contribution in [0.5, 0.6) is 0 Å². The molecule has 0 fully saturated rings. The van der Waals surface area contributed by atoms with Crippen LogP contribution >= 0.6 is 0 Å². The molecule has 0 aromatic carbocycles. The molecular formula is C19H24N2O3. The molecule has 0 unspecified atom stereocenters. The smallest absolute Gasteiger partial charge is 0.313 e. The summed E-state index contributed by atoms with van der Waals surface area (Å²) in [4.78, 5) is 29.9. The maximum Gasteiger partial charge on any atom is 0.313 e. The minimum absolute atomic E-state index is 0.163. The Morgan fingerprint density at radius 3 is 1.58 bits per heavy atom. The minimum atomic E-state index is -0.853. The predicted octanol–water partition coefficient (Wildman–Crippen LogP) is 3.39. The molecule has 2 aromatic rings. The van der Waals surface area contributed by atoms with Gasteiger partial charge in [-0.05, 0) is 57.9 Å². The number of aliphatic carboxylic acids is 1. The van der Waals surface area contributed by atoms with Gasteiger partial charge >= 0.3 is 5.97 Å². The van der Waals surface area contributed by atoms with E-state index in [-0.39, 0.29) is 5.78 Å². The number of hydrogen-bond donors (Lipinski definition) is 1. The van der Waals surface area contributed by atoms with E-state index in [9.17, 15) is 9.59 Å². The largest absolute Gasteiger partial charge is 0.481 e. The Morgan fingerprint density at radius 1 is 0.875 bits per heavy atom. The molecule has 0 aliphatic rings. The van der Waals surface area contributed by atoms with Gasteiger partial charge in [0.2, 0.25) is 0 Å². The van der Waals surface area contributed by atoms with E-state index < -0.39 is 16.8 Å². The topological polar surface area (TPSA) is 80.2 Å². The molecule has 0 saturated carbocycles. The molecule has 0 atom stereocenters. The summed E-state index contributed by atoms with van der Waals surface area (Å²) in [7, 11) is 0. The molecule has 2 heterocycles. The molecule has 2 aromatic heterocycles. The van der Waals surface area contributed by atoms with Gasteiger partial charge in [-0.15, -0.1) is 0 Å². The van der Waals surface area contributed by atoms with Crippen molar-refractivity contribution in [3.63, 3.8) is 0 Å². The van der Waals surface area contributed by atoms with Gasteiger partial charge in [-0.2, -0.15) is 0 Å². The van der Waals surface area contributed by atoms with Crippen molar-refractivity contribution in [1.82, 2.24) is 9.97 Å². The Balaban J connectivity index is 0.000000240. The third kappa shape index (κ3) is 4.72. The van der Waals surface area contributed by atoms with Crippen LogP contribution in [0.2, 0.25) is 0 Å². The van der Waals surface area contributed by atoms with E-state index in [0.29, 0.717) is 0 Å². The summed E-state index contributed by atoms with van der Waals surface area (Å²) in [6, 6.07) is 7.27. The Kier molecular flexibility index (Phi) is 6.35. The van der Waals surface area contributed by atoms with Crippen molar-refractivity contribution in [2.75, 3.05) is 0 Å². The lowest BCUT2D eigenvalue weighted by Crippen LogP contribution is -2.28. The van der Waals surface area contributed by atoms with E-state index in [1.807, 2.05) is 26.0 Å². The van der Waals surface area contributed by atoms with Crippen LogP contribution in [0.1, 0.15) is 45.7 Å². The number of carbonyl (C=O) groups is 2. The molecule has 0 aliphatic heterocycles. The second kappa shape index (κ2) is 7.81. The molecule has 0 amide bonds. The van der Waals surface area contributed by atoms with E-state index in [4.69, 9.17) is 5.11 Å². The number of carboxylic acids is 1. The third-order valence-electron chi connectivity index (χ3n) is 4.18. The fourth-order valence-electron chi connectivity index (χ4n) is 1.79. The molecule has 24 heavy (non-hydrogen) atoms. The highest BCUT2D eigenvalue weighted by Crippen LogP contribution is 2.23. The molecule has 128 valence electrons. The predicted molar refractivity (Wildman–Crippen MR) is 92.8 cm³/mol. The minimum Gasteiger partial charge on any atom is -0.481 e. The fourth-order valence-corrected chi connectivity index (χ4v) is 1.79. The maximum absolute atomic E-state index is 11.2. The zero-order valence-electron chi connectivity index (χ0n) is 14.8. The Labute approximate surface area is 142 Å². The lowest BCUT2D eigenvalue weighted by atomic mass is 9.82. The summed E-state index contributed by atoms with van der Waals surface area (Å²) in [5, 5.41) is 8.87.